The fourth-order valence-electron chi connectivity index (χ4n) is 5.53. The van der Waals surface area contributed by atoms with Crippen LogP contribution in [0.2, 0.25) is 0 Å². The van der Waals surface area contributed by atoms with Crippen LogP contribution < -0.4 is 10.4 Å². The van der Waals surface area contributed by atoms with Gasteiger partial charge in [0.2, 0.25) is 5.88 Å². The fraction of sp³-hybridized carbons (Fsp3) is 0.458. The van der Waals surface area contributed by atoms with Crippen LogP contribution in [0.5, 0.6) is 11.6 Å². The predicted molar refractivity (Wildman–Crippen MR) is 119 cm³/mol. The zero-order valence-electron chi connectivity index (χ0n) is 18.6. The van der Waals surface area contributed by atoms with Crippen molar-refractivity contribution in [1.82, 2.24) is 24.7 Å². The minimum atomic E-state index is -0.408. The smallest absolute Gasteiger partial charge is 0.350 e. The number of hydrogen-bond acceptors (Lipinski definition) is 7. The van der Waals surface area contributed by atoms with Gasteiger partial charge in [0.1, 0.15) is 18.2 Å². The first kappa shape index (κ1) is 20.6. The van der Waals surface area contributed by atoms with E-state index in [9.17, 15) is 9.90 Å². The molecule has 32 heavy (non-hydrogen) atoms. The molecule has 2 aliphatic rings. The van der Waals surface area contributed by atoms with E-state index in [1.54, 1.807) is 31.3 Å². The van der Waals surface area contributed by atoms with E-state index in [1.807, 2.05) is 0 Å². The second-order valence-electron chi connectivity index (χ2n) is 10.0. The maximum atomic E-state index is 11.8. The van der Waals surface area contributed by atoms with Crippen LogP contribution in [0, 0.1) is 10.8 Å². The van der Waals surface area contributed by atoms with Crippen molar-refractivity contribution in [1.29, 1.82) is 0 Å². The molecule has 0 unspecified atom stereocenters. The molecule has 0 spiro atoms. The van der Waals surface area contributed by atoms with E-state index in [1.165, 1.54) is 36.2 Å². The number of hydrogen-bond donors (Lipinski definition) is 1. The van der Waals surface area contributed by atoms with Gasteiger partial charge in [-0.1, -0.05) is 19.9 Å². The van der Waals surface area contributed by atoms with E-state index in [2.05, 4.69) is 34.0 Å². The van der Waals surface area contributed by atoms with Gasteiger partial charge in [0.15, 0.2) is 5.82 Å². The van der Waals surface area contributed by atoms with Crippen molar-refractivity contribution in [3.05, 3.63) is 47.1 Å². The molecule has 8 nitrogen and oxygen atoms in total. The first-order valence-electron chi connectivity index (χ1n) is 11.0. The van der Waals surface area contributed by atoms with Gasteiger partial charge in [-0.25, -0.2) is 9.78 Å². The molecule has 0 amide bonds. The molecule has 0 saturated heterocycles. The molecule has 1 aromatic carbocycles. The van der Waals surface area contributed by atoms with E-state index in [0.717, 1.165) is 12.8 Å². The highest BCUT2D eigenvalue weighted by Gasteiger charge is 2.49. The Labute approximate surface area is 186 Å². The molecule has 2 saturated carbocycles. The highest BCUT2D eigenvalue weighted by molar-refractivity contribution is 5.71. The van der Waals surface area contributed by atoms with Gasteiger partial charge in [-0.2, -0.15) is 4.98 Å². The van der Waals surface area contributed by atoms with Gasteiger partial charge in [-0.3, -0.25) is 4.57 Å². The summed E-state index contributed by atoms with van der Waals surface area (Å²) in [4.78, 5) is 19.8. The Kier molecular flexibility index (Phi) is 4.76. The number of benzene rings is 1. The molecule has 0 aliphatic heterocycles. The number of aromatic nitrogens is 5. The number of rotatable bonds is 4. The summed E-state index contributed by atoms with van der Waals surface area (Å²) < 4.78 is 7.49. The fourth-order valence-corrected chi connectivity index (χ4v) is 5.53. The summed E-state index contributed by atoms with van der Waals surface area (Å²) in [5, 5.41) is 19.1. The number of aryl methyl sites for hydroxylation is 1. The number of aromatic hydroxyl groups is 1. The van der Waals surface area contributed by atoms with E-state index in [0.29, 0.717) is 33.5 Å². The zero-order chi connectivity index (χ0) is 22.5. The lowest BCUT2D eigenvalue weighted by atomic mass is 9.69. The maximum Gasteiger partial charge on any atom is 0.350 e. The molecule has 3 aromatic rings. The van der Waals surface area contributed by atoms with Crippen LogP contribution >= 0.6 is 0 Å². The van der Waals surface area contributed by atoms with Crippen molar-refractivity contribution in [3.63, 3.8) is 0 Å². The molecule has 2 aliphatic carbocycles. The molecule has 2 aromatic heterocycles. The van der Waals surface area contributed by atoms with E-state index < -0.39 is 5.69 Å². The SMILES string of the molecule is Cn1cnc(-c2ccc(-c3ccc(O[C@H]4C[C@]5(C)CC[C@](C)(C4)C5)nn3)c(O)c2)nc1=O. The molecule has 5 rings (SSSR count). The van der Waals surface area contributed by atoms with Crippen LogP contribution in [0.4, 0.5) is 0 Å². The lowest BCUT2D eigenvalue weighted by molar-refractivity contribution is 0.0401. The molecule has 2 heterocycles. The van der Waals surface area contributed by atoms with Gasteiger partial charge in [0.25, 0.3) is 0 Å². The molecule has 1 N–H and O–H groups in total. The Morgan fingerprint density at radius 2 is 1.84 bits per heavy atom. The monoisotopic (exact) mass is 433 g/mol. The Morgan fingerprint density at radius 1 is 1.09 bits per heavy atom. The van der Waals surface area contributed by atoms with Gasteiger partial charge in [-0.05, 0) is 61.1 Å². The maximum absolute atomic E-state index is 11.8. The topological polar surface area (TPSA) is 103 Å². The minimum Gasteiger partial charge on any atom is -0.507 e. The number of phenols is 1. The lowest BCUT2D eigenvalue weighted by Crippen LogP contribution is -2.36. The summed E-state index contributed by atoms with van der Waals surface area (Å²) in [6.07, 6.45) is 7.49. The Morgan fingerprint density at radius 3 is 2.47 bits per heavy atom. The summed E-state index contributed by atoms with van der Waals surface area (Å²) in [6.45, 7) is 4.74. The molecule has 8 heteroatoms. The van der Waals surface area contributed by atoms with Gasteiger partial charge in [0, 0.05) is 24.2 Å². The van der Waals surface area contributed by atoms with Gasteiger partial charge >= 0.3 is 5.69 Å². The van der Waals surface area contributed by atoms with Gasteiger partial charge in [0.05, 0.1) is 5.69 Å². The largest absolute Gasteiger partial charge is 0.507 e. The minimum absolute atomic E-state index is 0.0134. The molecular weight excluding hydrogens is 406 g/mol. The van der Waals surface area contributed by atoms with Gasteiger partial charge < -0.3 is 9.84 Å². The molecule has 0 radical (unpaired) electrons. The van der Waals surface area contributed by atoms with Crippen LogP contribution in [0.15, 0.2) is 41.5 Å². The highest BCUT2D eigenvalue weighted by Crippen LogP contribution is 2.58. The quantitative estimate of drug-likeness (QED) is 0.668. The molecule has 166 valence electrons. The zero-order valence-corrected chi connectivity index (χ0v) is 18.6. The van der Waals surface area contributed by atoms with Crippen LogP contribution in [-0.2, 0) is 7.05 Å². The first-order valence-corrected chi connectivity index (χ1v) is 11.0. The molecular formula is C24H27N5O3. The second kappa shape index (κ2) is 7.39. The van der Waals surface area contributed by atoms with Crippen LogP contribution in [0.1, 0.15) is 46.0 Å². The summed E-state index contributed by atoms with van der Waals surface area (Å²) in [7, 11) is 1.58. The summed E-state index contributed by atoms with van der Waals surface area (Å²) in [5.74, 6) is 0.782. The van der Waals surface area contributed by atoms with E-state index >= 15 is 0 Å². The van der Waals surface area contributed by atoms with Gasteiger partial charge in [-0.15, -0.1) is 10.2 Å². The third-order valence-electron chi connectivity index (χ3n) is 6.94. The lowest BCUT2D eigenvalue weighted by Gasteiger charge is -2.39. The Hall–Kier alpha value is -3.29. The highest BCUT2D eigenvalue weighted by atomic mass is 16.5. The Balaban J connectivity index is 1.33. The number of ether oxygens (including phenoxy) is 1. The number of fused-ring (bicyclic) bond motifs is 2. The van der Waals surface area contributed by atoms with Crippen molar-refractivity contribution >= 4 is 0 Å². The van der Waals surface area contributed by atoms with Crippen LogP contribution in [0.25, 0.3) is 22.6 Å². The number of nitrogens with zero attached hydrogens (tertiary/aromatic N) is 5. The summed E-state index contributed by atoms with van der Waals surface area (Å²) in [5.41, 5.74) is 1.94. The predicted octanol–water partition coefficient (Wildman–Crippen LogP) is 3.74. The first-order chi connectivity index (χ1) is 15.2. The Bertz CT molecular complexity index is 1210. The van der Waals surface area contributed by atoms with Crippen LogP contribution in [0.3, 0.4) is 0 Å². The van der Waals surface area contributed by atoms with Crippen molar-refractivity contribution in [2.24, 2.45) is 17.9 Å². The second-order valence-corrected chi connectivity index (χ2v) is 10.0. The van der Waals surface area contributed by atoms with Crippen molar-refractivity contribution in [2.45, 2.75) is 52.1 Å². The summed E-state index contributed by atoms with van der Waals surface area (Å²) >= 11 is 0. The number of phenolic OH excluding ortho intramolecular Hbond substituents is 1. The average molecular weight is 434 g/mol. The standard InChI is InChI=1S/C24H27N5O3/c1-23-8-9-24(2,13-23)12-16(11-23)32-20-7-6-18(27-28-20)17-5-4-15(10-19(17)30)21-25-14-29(3)22(31)26-21/h4-7,10,14,16,30H,8-9,11-13H2,1-3H3/t16-,23-,24+. The van der Waals surface area contributed by atoms with Crippen molar-refractivity contribution in [3.8, 4) is 34.3 Å². The van der Waals surface area contributed by atoms with Crippen LogP contribution in [-0.4, -0.2) is 35.9 Å². The third kappa shape index (κ3) is 3.85. The molecule has 2 fully saturated rings. The normalized spacial score (nSPS) is 26.8. The van der Waals surface area contributed by atoms with Crippen molar-refractivity contribution < 1.29 is 9.84 Å². The third-order valence-corrected chi connectivity index (χ3v) is 6.94. The van der Waals surface area contributed by atoms with E-state index in [-0.39, 0.29) is 17.7 Å². The molecule has 3 atom stereocenters. The van der Waals surface area contributed by atoms with E-state index in [4.69, 9.17) is 4.74 Å². The average Bonchev–Trinajstić information content (AvgIpc) is 2.98. The molecule has 2 bridgehead atoms. The summed E-state index contributed by atoms with van der Waals surface area (Å²) in [6, 6.07) is 8.59. The van der Waals surface area contributed by atoms with Crippen molar-refractivity contribution in [2.75, 3.05) is 0 Å².